The van der Waals surface area contributed by atoms with Gasteiger partial charge in [0.05, 0.1) is 6.54 Å². The molecule has 0 bridgehead atoms. The van der Waals surface area contributed by atoms with E-state index in [-0.39, 0.29) is 23.6 Å². The Labute approximate surface area is 146 Å². The van der Waals surface area contributed by atoms with Crippen LogP contribution in [0.4, 0.5) is 0 Å². The minimum atomic E-state index is -0.214. The van der Waals surface area contributed by atoms with E-state index < -0.39 is 0 Å². The summed E-state index contributed by atoms with van der Waals surface area (Å²) >= 11 is 0. The molecule has 2 saturated carbocycles. The molecule has 0 atom stereocenters. The largest absolute Gasteiger partial charge is 0.359 e. The molecule has 2 amide bonds. The second kappa shape index (κ2) is 6.70. The van der Waals surface area contributed by atoms with Gasteiger partial charge in [-0.15, -0.1) is 0 Å². The van der Waals surface area contributed by atoms with Crippen LogP contribution >= 0.6 is 0 Å². The smallest absolute Gasteiger partial charge is 0.273 e. The fourth-order valence-corrected chi connectivity index (χ4v) is 2.81. The third-order valence-electron chi connectivity index (χ3n) is 4.64. The van der Waals surface area contributed by atoms with Gasteiger partial charge >= 0.3 is 0 Å². The lowest BCUT2D eigenvalue weighted by molar-refractivity contribution is 0.0712. The zero-order chi connectivity index (χ0) is 17.2. The quantitative estimate of drug-likeness (QED) is 0.841. The monoisotopic (exact) mass is 339 g/mol. The standard InChI is InChI=1S/C19H21N3O3/c23-18(20-11-13-6-7-13)17-10-16(25-21-17)12-22(15-8-9-15)19(24)14-4-2-1-3-5-14/h1-5,10,13,15H,6-9,11-12H2,(H,20,23). The van der Waals surface area contributed by atoms with Crippen LogP contribution < -0.4 is 5.32 Å². The Balaban J connectivity index is 1.42. The number of nitrogens with one attached hydrogen (secondary N) is 1. The maximum absolute atomic E-state index is 12.7. The van der Waals surface area contributed by atoms with E-state index in [2.05, 4.69) is 10.5 Å². The lowest BCUT2D eigenvalue weighted by Gasteiger charge is -2.21. The number of amides is 2. The van der Waals surface area contributed by atoms with Gasteiger partial charge in [-0.3, -0.25) is 9.59 Å². The number of nitrogens with zero attached hydrogens (tertiary/aromatic N) is 2. The van der Waals surface area contributed by atoms with Crippen LogP contribution in [0.2, 0.25) is 0 Å². The van der Waals surface area contributed by atoms with Crippen LogP contribution in [0.3, 0.4) is 0 Å². The third-order valence-corrected chi connectivity index (χ3v) is 4.64. The molecule has 0 radical (unpaired) electrons. The minimum Gasteiger partial charge on any atom is -0.359 e. The summed E-state index contributed by atoms with van der Waals surface area (Å²) in [5.41, 5.74) is 0.940. The highest BCUT2D eigenvalue weighted by molar-refractivity contribution is 5.94. The van der Waals surface area contributed by atoms with Crippen molar-refractivity contribution < 1.29 is 14.1 Å². The van der Waals surface area contributed by atoms with E-state index >= 15 is 0 Å². The van der Waals surface area contributed by atoms with Crippen LogP contribution in [0.25, 0.3) is 0 Å². The average molecular weight is 339 g/mol. The van der Waals surface area contributed by atoms with E-state index in [0.29, 0.717) is 30.3 Å². The third kappa shape index (κ3) is 3.90. The van der Waals surface area contributed by atoms with Gasteiger partial charge in [0.15, 0.2) is 11.5 Å². The molecule has 0 spiro atoms. The van der Waals surface area contributed by atoms with Gasteiger partial charge in [0.25, 0.3) is 11.8 Å². The van der Waals surface area contributed by atoms with Crippen molar-refractivity contribution in [3.8, 4) is 0 Å². The van der Waals surface area contributed by atoms with Gasteiger partial charge in [-0.25, -0.2) is 0 Å². The predicted octanol–water partition coefficient (Wildman–Crippen LogP) is 2.62. The molecular weight excluding hydrogens is 318 g/mol. The van der Waals surface area contributed by atoms with Crippen molar-refractivity contribution in [1.29, 1.82) is 0 Å². The van der Waals surface area contributed by atoms with Gasteiger partial charge in [-0.1, -0.05) is 23.4 Å². The van der Waals surface area contributed by atoms with E-state index in [0.717, 1.165) is 12.8 Å². The Kier molecular flexibility index (Phi) is 4.26. The number of aromatic nitrogens is 1. The first-order chi connectivity index (χ1) is 12.2. The summed E-state index contributed by atoms with van der Waals surface area (Å²) in [5.74, 6) is 0.922. The first-order valence-electron chi connectivity index (χ1n) is 8.80. The molecule has 1 aromatic carbocycles. The molecule has 0 saturated heterocycles. The summed E-state index contributed by atoms with van der Waals surface area (Å²) in [6.45, 7) is 1.03. The van der Waals surface area contributed by atoms with Crippen LogP contribution in [0.15, 0.2) is 40.9 Å². The zero-order valence-electron chi connectivity index (χ0n) is 14.0. The summed E-state index contributed by atoms with van der Waals surface area (Å²) in [7, 11) is 0. The van der Waals surface area contributed by atoms with Crippen LogP contribution in [0, 0.1) is 5.92 Å². The highest BCUT2D eigenvalue weighted by Crippen LogP contribution is 2.30. The van der Waals surface area contributed by atoms with Crippen molar-refractivity contribution >= 4 is 11.8 Å². The van der Waals surface area contributed by atoms with Crippen LogP contribution in [-0.2, 0) is 6.54 Å². The number of hydrogen-bond donors (Lipinski definition) is 1. The molecule has 6 heteroatoms. The molecule has 2 aromatic rings. The van der Waals surface area contributed by atoms with Crippen molar-refractivity contribution in [3.05, 3.63) is 53.4 Å². The Morgan fingerprint density at radius 2 is 1.92 bits per heavy atom. The zero-order valence-corrected chi connectivity index (χ0v) is 14.0. The summed E-state index contributed by atoms with van der Waals surface area (Å²) in [6.07, 6.45) is 4.37. The molecule has 2 aliphatic carbocycles. The Morgan fingerprint density at radius 1 is 1.16 bits per heavy atom. The lowest BCUT2D eigenvalue weighted by atomic mass is 10.2. The maximum Gasteiger partial charge on any atom is 0.273 e. The minimum absolute atomic E-state index is 0.0146. The molecule has 2 aliphatic rings. The van der Waals surface area contributed by atoms with Crippen molar-refractivity contribution in [2.45, 2.75) is 38.3 Å². The van der Waals surface area contributed by atoms with E-state index in [1.165, 1.54) is 12.8 Å². The fraction of sp³-hybridized carbons (Fsp3) is 0.421. The molecule has 1 aromatic heterocycles. The highest BCUT2D eigenvalue weighted by atomic mass is 16.5. The molecule has 6 nitrogen and oxygen atoms in total. The van der Waals surface area contributed by atoms with Crippen molar-refractivity contribution in [3.63, 3.8) is 0 Å². The molecule has 0 unspecified atom stereocenters. The summed E-state index contributed by atoms with van der Waals surface area (Å²) in [6, 6.07) is 11.1. The van der Waals surface area contributed by atoms with Crippen molar-refractivity contribution in [2.75, 3.05) is 6.54 Å². The van der Waals surface area contributed by atoms with Gasteiger partial charge in [-0.2, -0.15) is 0 Å². The Morgan fingerprint density at radius 3 is 2.60 bits per heavy atom. The summed E-state index contributed by atoms with van der Waals surface area (Å²) < 4.78 is 5.30. The number of rotatable bonds is 7. The molecule has 25 heavy (non-hydrogen) atoms. The molecule has 0 aliphatic heterocycles. The van der Waals surface area contributed by atoms with Crippen molar-refractivity contribution in [2.24, 2.45) is 5.92 Å². The van der Waals surface area contributed by atoms with E-state index in [4.69, 9.17) is 4.52 Å². The van der Waals surface area contributed by atoms with Crippen LogP contribution in [0.5, 0.6) is 0 Å². The van der Waals surface area contributed by atoms with Crippen molar-refractivity contribution in [1.82, 2.24) is 15.4 Å². The van der Waals surface area contributed by atoms with Crippen LogP contribution in [0.1, 0.15) is 52.3 Å². The number of hydrogen-bond acceptors (Lipinski definition) is 4. The molecule has 4 rings (SSSR count). The number of benzene rings is 1. The van der Waals surface area contributed by atoms with Crippen LogP contribution in [-0.4, -0.2) is 34.5 Å². The average Bonchev–Trinajstić information content (AvgIpc) is 3.57. The number of carbonyl (C=O) groups excluding carboxylic acids is 2. The molecule has 1 N–H and O–H groups in total. The molecule has 1 heterocycles. The molecule has 130 valence electrons. The van der Waals surface area contributed by atoms with Gasteiger partial charge in [0, 0.05) is 24.2 Å². The second-order valence-corrected chi connectivity index (χ2v) is 6.86. The molecular formula is C19H21N3O3. The van der Waals surface area contributed by atoms with E-state index in [1.807, 2.05) is 35.2 Å². The van der Waals surface area contributed by atoms with Gasteiger partial charge < -0.3 is 14.7 Å². The normalized spacial score (nSPS) is 16.5. The second-order valence-electron chi connectivity index (χ2n) is 6.86. The van der Waals surface area contributed by atoms with Gasteiger partial charge in [-0.05, 0) is 43.7 Å². The Bertz CT molecular complexity index is 763. The van der Waals surface area contributed by atoms with E-state index in [9.17, 15) is 9.59 Å². The summed E-state index contributed by atoms with van der Waals surface area (Å²) in [5, 5.41) is 6.72. The lowest BCUT2D eigenvalue weighted by Crippen LogP contribution is -2.32. The first kappa shape index (κ1) is 15.9. The predicted molar refractivity (Wildman–Crippen MR) is 90.9 cm³/mol. The van der Waals surface area contributed by atoms with Gasteiger partial charge in [0.1, 0.15) is 0 Å². The first-order valence-corrected chi connectivity index (χ1v) is 8.80. The highest BCUT2D eigenvalue weighted by Gasteiger charge is 2.34. The fourth-order valence-electron chi connectivity index (χ4n) is 2.81. The summed E-state index contributed by atoms with van der Waals surface area (Å²) in [4.78, 5) is 26.6. The van der Waals surface area contributed by atoms with Gasteiger partial charge in [0.2, 0.25) is 0 Å². The Hall–Kier alpha value is -2.63. The molecule has 2 fully saturated rings. The maximum atomic E-state index is 12.7. The van der Waals surface area contributed by atoms with E-state index in [1.54, 1.807) is 6.07 Å². The topological polar surface area (TPSA) is 75.4 Å². The SMILES string of the molecule is O=C(NCC1CC1)c1cc(CN(C(=O)c2ccccc2)C2CC2)on1. The number of carbonyl (C=O) groups is 2.